The third-order valence-corrected chi connectivity index (χ3v) is 4.83. The molecule has 0 saturated carbocycles. The Hall–Kier alpha value is -2.63. The molecular weight excluding hydrogens is 531 g/mol. The molecule has 10 heteroatoms. The molecule has 1 fully saturated rings. The van der Waals surface area contributed by atoms with E-state index in [2.05, 4.69) is 15.6 Å². The molecule has 1 atom stereocenters. The summed E-state index contributed by atoms with van der Waals surface area (Å²) < 4.78 is 33.5. The molecule has 1 aliphatic heterocycles. The number of aliphatic imine (C=N–C) groups is 1. The van der Waals surface area contributed by atoms with E-state index in [-0.39, 0.29) is 42.3 Å². The monoisotopic (exact) mass is 559 g/mol. The van der Waals surface area contributed by atoms with E-state index in [4.69, 9.17) is 10.5 Å². The van der Waals surface area contributed by atoms with Crippen molar-refractivity contribution in [3.8, 4) is 5.75 Å². The fraction of sp³-hybridized carbons (Fsp3) is 0.364. The maximum absolute atomic E-state index is 14.1. The number of nitrogens with zero attached hydrogens (tertiary/aromatic N) is 2. The van der Waals surface area contributed by atoms with Crippen LogP contribution in [0.5, 0.6) is 5.75 Å². The highest BCUT2D eigenvalue weighted by Crippen LogP contribution is 2.26. The zero-order valence-electron chi connectivity index (χ0n) is 17.8. The number of carbonyl (C=O) groups is 1. The van der Waals surface area contributed by atoms with Gasteiger partial charge in [0.15, 0.2) is 12.6 Å². The van der Waals surface area contributed by atoms with Crippen molar-refractivity contribution in [1.29, 1.82) is 0 Å². The first-order chi connectivity index (χ1) is 15.0. The molecule has 32 heavy (non-hydrogen) atoms. The predicted molar refractivity (Wildman–Crippen MR) is 131 cm³/mol. The van der Waals surface area contributed by atoms with Crippen LogP contribution >= 0.6 is 24.0 Å². The summed E-state index contributed by atoms with van der Waals surface area (Å²) in [4.78, 5) is 17.2. The largest absolute Gasteiger partial charge is 0.484 e. The van der Waals surface area contributed by atoms with Crippen LogP contribution in [-0.4, -0.2) is 44.1 Å². The average molecular weight is 559 g/mol. The van der Waals surface area contributed by atoms with Gasteiger partial charge in [-0.3, -0.25) is 4.79 Å². The molecule has 174 valence electrons. The third kappa shape index (κ3) is 7.21. The standard InChI is InChI=1S/C22H27F2N5O2.HI/c1-2-26-22(27-12-15-5-3-6-17(11-15)31-14-20(25)30)28-16-9-10-29(13-16)21-18(23)7-4-8-19(21)24;/h3-8,11,16H,2,9-10,12-14H2,1H3,(H2,25,30)(H2,26,27,28);1H. The molecule has 0 aliphatic carbocycles. The lowest BCUT2D eigenvalue weighted by molar-refractivity contribution is -0.119. The van der Waals surface area contributed by atoms with Gasteiger partial charge in [-0.2, -0.15) is 0 Å². The van der Waals surface area contributed by atoms with E-state index in [1.165, 1.54) is 18.2 Å². The quantitative estimate of drug-likeness (QED) is 0.263. The number of rotatable bonds is 8. The Bertz CT molecular complexity index is 924. The summed E-state index contributed by atoms with van der Waals surface area (Å²) in [5.41, 5.74) is 6.02. The molecule has 2 aromatic carbocycles. The number of amides is 1. The molecule has 1 saturated heterocycles. The molecule has 0 radical (unpaired) electrons. The van der Waals surface area contributed by atoms with E-state index in [1.54, 1.807) is 17.0 Å². The highest BCUT2D eigenvalue weighted by Gasteiger charge is 2.27. The first-order valence-electron chi connectivity index (χ1n) is 10.2. The summed E-state index contributed by atoms with van der Waals surface area (Å²) in [6.07, 6.45) is 0.731. The second kappa shape index (κ2) is 12.4. The number of nitrogens with one attached hydrogen (secondary N) is 2. The van der Waals surface area contributed by atoms with Crippen LogP contribution in [0.15, 0.2) is 47.5 Å². The Labute approximate surface area is 203 Å². The summed E-state index contributed by atoms with van der Waals surface area (Å²) in [6.45, 7) is 3.86. The maximum atomic E-state index is 14.1. The number of carbonyl (C=O) groups excluding carboxylic acids is 1. The molecule has 7 nitrogen and oxygen atoms in total. The van der Waals surface area contributed by atoms with Gasteiger partial charge >= 0.3 is 0 Å². The van der Waals surface area contributed by atoms with Gasteiger partial charge in [0.05, 0.1) is 6.54 Å². The van der Waals surface area contributed by atoms with Crippen LogP contribution < -0.4 is 26.0 Å². The molecule has 1 unspecified atom stereocenters. The Balaban J connectivity index is 0.00000363. The summed E-state index contributed by atoms with van der Waals surface area (Å²) in [7, 11) is 0. The second-order valence-corrected chi connectivity index (χ2v) is 7.24. The van der Waals surface area contributed by atoms with Crippen LogP contribution in [0.2, 0.25) is 0 Å². The Morgan fingerprint density at radius 1 is 1.25 bits per heavy atom. The van der Waals surface area contributed by atoms with Crippen LogP contribution in [0.3, 0.4) is 0 Å². The second-order valence-electron chi connectivity index (χ2n) is 7.24. The van der Waals surface area contributed by atoms with Gasteiger partial charge in [-0.1, -0.05) is 18.2 Å². The van der Waals surface area contributed by atoms with Crippen molar-refractivity contribution < 1.29 is 18.3 Å². The lowest BCUT2D eigenvalue weighted by Crippen LogP contribution is -2.44. The molecule has 1 heterocycles. The number of anilines is 1. The lowest BCUT2D eigenvalue weighted by atomic mass is 10.2. The van der Waals surface area contributed by atoms with Gasteiger partial charge in [0.1, 0.15) is 23.1 Å². The minimum atomic E-state index is -0.556. The lowest BCUT2D eigenvalue weighted by Gasteiger charge is -2.21. The molecule has 0 aromatic heterocycles. The zero-order chi connectivity index (χ0) is 22.2. The number of ether oxygens (including phenoxy) is 1. The van der Waals surface area contributed by atoms with Crippen LogP contribution in [-0.2, 0) is 11.3 Å². The van der Waals surface area contributed by atoms with Crippen molar-refractivity contribution in [2.45, 2.75) is 25.9 Å². The Morgan fingerprint density at radius 3 is 2.66 bits per heavy atom. The number of benzene rings is 2. The van der Waals surface area contributed by atoms with Crippen molar-refractivity contribution in [3.63, 3.8) is 0 Å². The van der Waals surface area contributed by atoms with Crippen molar-refractivity contribution in [3.05, 3.63) is 59.7 Å². The normalized spacial score (nSPS) is 15.8. The van der Waals surface area contributed by atoms with E-state index >= 15 is 0 Å². The van der Waals surface area contributed by atoms with Gasteiger partial charge in [0, 0.05) is 25.7 Å². The van der Waals surface area contributed by atoms with Gasteiger partial charge < -0.3 is 26.0 Å². The number of hydrogen-bond donors (Lipinski definition) is 3. The highest BCUT2D eigenvalue weighted by molar-refractivity contribution is 14.0. The molecule has 4 N–H and O–H groups in total. The predicted octanol–water partition coefficient (Wildman–Crippen LogP) is 2.78. The summed E-state index contributed by atoms with van der Waals surface area (Å²) >= 11 is 0. The molecular formula is C22H28F2IN5O2. The van der Waals surface area contributed by atoms with E-state index in [1.807, 2.05) is 19.1 Å². The summed E-state index contributed by atoms with van der Waals surface area (Å²) in [6, 6.07) is 11.2. The minimum Gasteiger partial charge on any atom is -0.484 e. The molecule has 1 aliphatic rings. The van der Waals surface area contributed by atoms with E-state index in [0.717, 1.165) is 12.0 Å². The molecule has 0 bridgehead atoms. The van der Waals surface area contributed by atoms with Gasteiger partial charge in [-0.15, -0.1) is 24.0 Å². The summed E-state index contributed by atoms with van der Waals surface area (Å²) in [5, 5.41) is 6.53. The number of para-hydroxylation sites is 1. The third-order valence-electron chi connectivity index (χ3n) is 4.83. The van der Waals surface area contributed by atoms with Gasteiger partial charge in [-0.25, -0.2) is 13.8 Å². The van der Waals surface area contributed by atoms with E-state index in [0.29, 0.717) is 37.9 Å². The van der Waals surface area contributed by atoms with Crippen molar-refractivity contribution in [2.24, 2.45) is 10.7 Å². The smallest absolute Gasteiger partial charge is 0.255 e. The van der Waals surface area contributed by atoms with Gasteiger partial charge in [0.25, 0.3) is 5.91 Å². The first-order valence-corrected chi connectivity index (χ1v) is 10.2. The number of guanidine groups is 1. The topological polar surface area (TPSA) is 92.0 Å². The SMILES string of the molecule is CCNC(=NCc1cccc(OCC(N)=O)c1)NC1CCN(c2c(F)cccc2F)C1.I. The fourth-order valence-corrected chi connectivity index (χ4v) is 3.44. The highest BCUT2D eigenvalue weighted by atomic mass is 127. The molecule has 2 aromatic rings. The van der Waals surface area contributed by atoms with Crippen molar-refractivity contribution in [2.75, 3.05) is 31.1 Å². The molecule has 3 rings (SSSR count). The first kappa shape index (κ1) is 25.6. The number of halogens is 3. The molecule has 1 amide bonds. The Morgan fingerprint density at radius 2 is 1.97 bits per heavy atom. The minimum absolute atomic E-state index is 0. The van der Waals surface area contributed by atoms with Crippen LogP contribution in [0, 0.1) is 11.6 Å². The zero-order valence-corrected chi connectivity index (χ0v) is 20.1. The number of primary amides is 1. The number of nitrogens with two attached hydrogens (primary N) is 1. The van der Waals surface area contributed by atoms with E-state index in [9.17, 15) is 13.6 Å². The van der Waals surface area contributed by atoms with Crippen molar-refractivity contribution in [1.82, 2.24) is 10.6 Å². The molecule has 0 spiro atoms. The number of hydrogen-bond acceptors (Lipinski definition) is 4. The summed E-state index contributed by atoms with van der Waals surface area (Å²) in [5.74, 6) is -0.489. The maximum Gasteiger partial charge on any atom is 0.255 e. The van der Waals surface area contributed by atoms with Crippen LogP contribution in [0.4, 0.5) is 14.5 Å². The van der Waals surface area contributed by atoms with Crippen LogP contribution in [0.25, 0.3) is 0 Å². The average Bonchev–Trinajstić information content (AvgIpc) is 3.19. The Kier molecular flexibility index (Phi) is 9.95. The van der Waals surface area contributed by atoms with Gasteiger partial charge in [0.2, 0.25) is 0 Å². The van der Waals surface area contributed by atoms with Crippen molar-refractivity contribution >= 4 is 41.5 Å². The van der Waals surface area contributed by atoms with Crippen LogP contribution in [0.1, 0.15) is 18.9 Å². The van der Waals surface area contributed by atoms with E-state index < -0.39 is 17.5 Å². The fourth-order valence-electron chi connectivity index (χ4n) is 3.44. The van der Waals surface area contributed by atoms with Gasteiger partial charge in [-0.05, 0) is 43.2 Å².